The number of aliphatic hydroxyl groups excluding tert-OH is 8. The molecule has 14 nitrogen and oxygen atoms in total. The van der Waals surface area contributed by atoms with Crippen molar-refractivity contribution in [3.8, 4) is 0 Å². The number of carbonyl (C=O) groups excluding carboxylic acids is 1. The van der Waals surface area contributed by atoms with Crippen LogP contribution in [0.5, 0.6) is 0 Å². The van der Waals surface area contributed by atoms with Gasteiger partial charge in [0.05, 0.1) is 32.0 Å². The van der Waals surface area contributed by atoms with E-state index in [9.17, 15) is 45.6 Å². The average Bonchev–Trinajstić information content (AvgIpc) is 3.38. The zero-order valence-electron chi connectivity index (χ0n) is 43.6. The van der Waals surface area contributed by atoms with Gasteiger partial charge in [0.2, 0.25) is 5.91 Å². The molecule has 0 radical (unpaired) electrons. The molecular formula is C58H95NO13. The smallest absolute Gasteiger partial charge is 0.220 e. The second kappa shape index (κ2) is 42.9. The fourth-order valence-corrected chi connectivity index (χ4v) is 8.03. The van der Waals surface area contributed by atoms with Crippen molar-refractivity contribution >= 4 is 5.91 Å². The molecule has 2 rings (SSSR count). The zero-order valence-corrected chi connectivity index (χ0v) is 43.6. The molecule has 0 aromatic heterocycles. The van der Waals surface area contributed by atoms with Gasteiger partial charge in [0.1, 0.15) is 48.8 Å². The maximum absolute atomic E-state index is 13.2. The minimum Gasteiger partial charge on any atom is -0.394 e. The largest absolute Gasteiger partial charge is 0.394 e. The first-order valence-electron chi connectivity index (χ1n) is 27.1. The number of aliphatic hydroxyl groups is 8. The summed E-state index contributed by atoms with van der Waals surface area (Å²) in [5.74, 6) is -0.301. The Morgan fingerprint density at radius 2 is 0.972 bits per heavy atom. The van der Waals surface area contributed by atoms with Gasteiger partial charge in [-0.1, -0.05) is 162 Å². The van der Waals surface area contributed by atoms with Crippen LogP contribution in [0.2, 0.25) is 0 Å². The van der Waals surface area contributed by atoms with Gasteiger partial charge in [-0.2, -0.15) is 0 Å². The SMILES string of the molecule is CC/C=C\C/C=C\C/C=C\C/C=C\C/C=C\C/C=C\CCCCC(=O)NC(COC1OC(CO)C(OC2OC(CO)C(O)C(O)C2O)C(O)C1O)C(O)/C=C/CC/C=C/CC/C=C/CCCCCCCCC. The summed E-state index contributed by atoms with van der Waals surface area (Å²) < 4.78 is 22.7. The number of allylic oxidation sites excluding steroid dienone is 17. The molecule has 12 atom stereocenters. The highest BCUT2D eigenvalue weighted by Gasteiger charge is 2.51. The van der Waals surface area contributed by atoms with Crippen molar-refractivity contribution in [2.45, 2.75) is 229 Å². The van der Waals surface area contributed by atoms with Crippen LogP contribution in [0.3, 0.4) is 0 Å². The van der Waals surface area contributed by atoms with Crippen LogP contribution in [-0.2, 0) is 23.7 Å². The molecular weight excluding hydrogens is 919 g/mol. The Morgan fingerprint density at radius 1 is 0.514 bits per heavy atom. The number of rotatable bonds is 40. The average molecular weight is 1010 g/mol. The van der Waals surface area contributed by atoms with Gasteiger partial charge in [0.15, 0.2) is 12.6 Å². The van der Waals surface area contributed by atoms with Gasteiger partial charge in [-0.25, -0.2) is 0 Å². The minimum absolute atomic E-state index is 0.208. The maximum Gasteiger partial charge on any atom is 0.220 e. The van der Waals surface area contributed by atoms with E-state index in [1.165, 1.54) is 44.9 Å². The monoisotopic (exact) mass is 1010 g/mol. The van der Waals surface area contributed by atoms with E-state index in [1.807, 2.05) is 6.08 Å². The van der Waals surface area contributed by atoms with Crippen molar-refractivity contribution < 1.29 is 64.6 Å². The van der Waals surface area contributed by atoms with Crippen molar-refractivity contribution in [3.63, 3.8) is 0 Å². The predicted molar refractivity (Wildman–Crippen MR) is 285 cm³/mol. The third-order valence-electron chi connectivity index (χ3n) is 12.4. The second-order valence-electron chi connectivity index (χ2n) is 18.6. The van der Waals surface area contributed by atoms with E-state index < -0.39 is 86.8 Å². The molecule has 0 aliphatic carbocycles. The Kier molecular flexibility index (Phi) is 38.6. The number of hydrogen-bond acceptors (Lipinski definition) is 13. The van der Waals surface area contributed by atoms with Crippen molar-refractivity contribution in [2.24, 2.45) is 0 Å². The lowest BCUT2D eigenvalue weighted by atomic mass is 9.97. The molecule has 9 N–H and O–H groups in total. The summed E-state index contributed by atoms with van der Waals surface area (Å²) >= 11 is 0. The van der Waals surface area contributed by atoms with Gasteiger partial charge in [-0.3, -0.25) is 4.79 Å². The fraction of sp³-hybridized carbons (Fsp3) is 0.672. The van der Waals surface area contributed by atoms with Crippen LogP contribution in [0.4, 0.5) is 0 Å². The lowest BCUT2D eigenvalue weighted by Crippen LogP contribution is -2.65. The van der Waals surface area contributed by atoms with Gasteiger partial charge in [-0.15, -0.1) is 0 Å². The van der Waals surface area contributed by atoms with E-state index in [4.69, 9.17) is 18.9 Å². The molecule has 12 unspecified atom stereocenters. The van der Waals surface area contributed by atoms with E-state index in [2.05, 4.69) is 116 Å². The van der Waals surface area contributed by atoms with Crippen LogP contribution in [0, 0.1) is 0 Å². The summed E-state index contributed by atoms with van der Waals surface area (Å²) in [6.45, 7) is 2.59. The van der Waals surface area contributed by atoms with Gasteiger partial charge in [-0.05, 0) is 96.3 Å². The standard InChI is InChI=1S/C58H95NO13/c1-3-5-7-9-11-13-15-17-19-21-22-23-24-26-28-30-32-34-36-38-40-42-50(63)59-46(47(62)41-39-37-35-33-31-29-27-25-20-18-16-14-12-10-8-6-4-2)45-69-57-55(68)53(66)56(49(44-61)71-57)72-58-54(67)52(65)51(64)48(43-60)70-58/h5,7,11,13,17,19-20,22-23,25-26,28,31-34,39,41,46-49,51-58,60-62,64-68H,3-4,6,8-10,12,14-16,18,21,24,27,29-30,35-38,40,42-45H2,1-2H3,(H,59,63)/b7-5-,13-11-,19-17-,23-22-,25-20+,28-26-,33-31+,34-32-,41-39+. The van der Waals surface area contributed by atoms with Crippen LogP contribution >= 0.6 is 0 Å². The van der Waals surface area contributed by atoms with Crippen LogP contribution in [0.15, 0.2) is 109 Å². The number of carbonyl (C=O) groups is 1. The molecule has 2 saturated heterocycles. The third-order valence-corrected chi connectivity index (χ3v) is 12.4. The van der Waals surface area contributed by atoms with Crippen molar-refractivity contribution in [1.29, 1.82) is 0 Å². The zero-order chi connectivity index (χ0) is 52.4. The Labute approximate surface area is 432 Å². The molecule has 2 aliphatic rings. The Hall–Kier alpha value is -3.35. The first-order valence-corrected chi connectivity index (χ1v) is 27.1. The third kappa shape index (κ3) is 28.9. The highest BCUT2D eigenvalue weighted by Crippen LogP contribution is 2.30. The number of ether oxygens (including phenoxy) is 4. The molecule has 2 fully saturated rings. The van der Waals surface area contributed by atoms with Crippen molar-refractivity contribution in [3.05, 3.63) is 109 Å². The van der Waals surface area contributed by atoms with E-state index in [-0.39, 0.29) is 18.9 Å². The molecule has 0 saturated carbocycles. The molecule has 410 valence electrons. The molecule has 1 amide bonds. The van der Waals surface area contributed by atoms with E-state index in [0.717, 1.165) is 77.0 Å². The minimum atomic E-state index is -1.80. The highest BCUT2D eigenvalue weighted by molar-refractivity contribution is 5.76. The highest BCUT2D eigenvalue weighted by atomic mass is 16.7. The van der Waals surface area contributed by atoms with Crippen LogP contribution in [-0.4, -0.2) is 140 Å². The first kappa shape index (κ1) is 64.8. The summed E-state index contributed by atoms with van der Waals surface area (Å²) in [5.41, 5.74) is 0. The van der Waals surface area contributed by atoms with Crippen LogP contribution < -0.4 is 5.32 Å². The molecule has 14 heteroatoms. The summed E-state index contributed by atoms with van der Waals surface area (Å²) in [6.07, 6.45) is 42.6. The fourth-order valence-electron chi connectivity index (χ4n) is 8.03. The number of amides is 1. The number of hydrogen-bond donors (Lipinski definition) is 9. The molecule has 0 aromatic rings. The van der Waals surface area contributed by atoms with E-state index in [1.54, 1.807) is 6.08 Å². The Balaban J connectivity index is 1.87. The summed E-state index contributed by atoms with van der Waals surface area (Å²) in [5, 5.41) is 86.8. The quantitative estimate of drug-likeness (QED) is 0.0209. The summed E-state index contributed by atoms with van der Waals surface area (Å²) in [4.78, 5) is 13.2. The van der Waals surface area contributed by atoms with Crippen LogP contribution in [0.1, 0.15) is 155 Å². The molecule has 0 spiro atoms. The Bertz CT molecular complexity index is 1620. The van der Waals surface area contributed by atoms with E-state index >= 15 is 0 Å². The number of unbranched alkanes of at least 4 members (excludes halogenated alkanes) is 11. The number of nitrogens with one attached hydrogen (secondary N) is 1. The summed E-state index contributed by atoms with van der Waals surface area (Å²) in [7, 11) is 0. The lowest BCUT2D eigenvalue weighted by Gasteiger charge is -2.46. The van der Waals surface area contributed by atoms with Gasteiger partial charge < -0.3 is 65.1 Å². The van der Waals surface area contributed by atoms with Crippen molar-refractivity contribution in [2.75, 3.05) is 19.8 Å². The van der Waals surface area contributed by atoms with Crippen LogP contribution in [0.25, 0.3) is 0 Å². The Morgan fingerprint density at radius 3 is 1.53 bits per heavy atom. The van der Waals surface area contributed by atoms with Crippen molar-refractivity contribution in [1.82, 2.24) is 5.32 Å². The topological polar surface area (TPSA) is 228 Å². The van der Waals surface area contributed by atoms with Gasteiger partial charge in [0, 0.05) is 6.42 Å². The molecule has 2 heterocycles. The lowest BCUT2D eigenvalue weighted by molar-refractivity contribution is -0.359. The second-order valence-corrected chi connectivity index (χ2v) is 18.6. The molecule has 0 aromatic carbocycles. The predicted octanol–water partition coefficient (Wildman–Crippen LogP) is 8.10. The van der Waals surface area contributed by atoms with E-state index in [0.29, 0.717) is 12.8 Å². The molecule has 2 aliphatic heterocycles. The molecule has 0 bridgehead atoms. The first-order chi connectivity index (χ1) is 35.1. The van der Waals surface area contributed by atoms with Gasteiger partial charge in [0.25, 0.3) is 0 Å². The van der Waals surface area contributed by atoms with Gasteiger partial charge >= 0.3 is 0 Å². The summed E-state index contributed by atoms with van der Waals surface area (Å²) in [6, 6.07) is -0.968. The maximum atomic E-state index is 13.2. The molecule has 72 heavy (non-hydrogen) atoms. The normalized spacial score (nSPS) is 26.5.